The second kappa shape index (κ2) is 11.4. The van der Waals surface area contributed by atoms with E-state index in [0.29, 0.717) is 37.1 Å². The highest BCUT2D eigenvalue weighted by atomic mass is 16.5. The molecule has 0 aliphatic carbocycles. The lowest BCUT2D eigenvalue weighted by Crippen LogP contribution is -2.23. The summed E-state index contributed by atoms with van der Waals surface area (Å²) in [6.07, 6.45) is 2.06. The third-order valence-corrected chi connectivity index (χ3v) is 4.96. The first kappa shape index (κ1) is 22.7. The van der Waals surface area contributed by atoms with Gasteiger partial charge in [0.2, 0.25) is 0 Å². The maximum absolute atomic E-state index is 12.4. The molecule has 7 nitrogen and oxygen atoms in total. The van der Waals surface area contributed by atoms with Gasteiger partial charge in [-0.3, -0.25) is 4.79 Å². The second-order valence-corrected chi connectivity index (χ2v) is 7.08. The van der Waals surface area contributed by atoms with E-state index in [9.17, 15) is 9.59 Å². The van der Waals surface area contributed by atoms with Crippen molar-refractivity contribution in [2.75, 3.05) is 26.9 Å². The van der Waals surface area contributed by atoms with Gasteiger partial charge in [0.25, 0.3) is 5.78 Å². The summed E-state index contributed by atoms with van der Waals surface area (Å²) in [5.74, 6) is -1.56. The fraction of sp³-hybridized carbons (Fsp3) is 0.333. The molecule has 164 valence electrons. The van der Waals surface area contributed by atoms with Crippen LogP contribution in [0.2, 0.25) is 0 Å². The standard InChI is InChI=1S/C24H27NO6/c1-29-24(28)23(27)21-15-25(22-10-6-5-9-20(21)22)12-11-19(31-14-13-26)17-30-16-18-7-3-2-4-8-18/h2-10,15,19,26H,11-14,16-17H2,1H3. The molecule has 0 bridgehead atoms. The van der Waals surface area contributed by atoms with Crippen molar-refractivity contribution in [2.24, 2.45) is 0 Å². The van der Waals surface area contributed by atoms with Gasteiger partial charge >= 0.3 is 5.97 Å². The maximum atomic E-state index is 12.4. The number of nitrogens with zero attached hydrogens (tertiary/aromatic N) is 1. The lowest BCUT2D eigenvalue weighted by molar-refractivity contribution is -0.135. The number of hydrogen-bond acceptors (Lipinski definition) is 6. The first-order chi connectivity index (χ1) is 15.1. The summed E-state index contributed by atoms with van der Waals surface area (Å²) in [5, 5.41) is 9.83. The van der Waals surface area contributed by atoms with Gasteiger partial charge in [0.1, 0.15) is 0 Å². The van der Waals surface area contributed by atoms with Crippen LogP contribution in [0.3, 0.4) is 0 Å². The molecule has 0 saturated heterocycles. The highest BCUT2D eigenvalue weighted by molar-refractivity contribution is 6.42. The van der Waals surface area contributed by atoms with Gasteiger partial charge in [0.15, 0.2) is 0 Å². The monoisotopic (exact) mass is 425 g/mol. The number of fused-ring (bicyclic) bond motifs is 1. The fourth-order valence-electron chi connectivity index (χ4n) is 3.42. The maximum Gasteiger partial charge on any atom is 0.379 e. The zero-order valence-electron chi connectivity index (χ0n) is 17.5. The Kier molecular flexibility index (Phi) is 8.35. The molecular formula is C24H27NO6. The highest BCUT2D eigenvalue weighted by Gasteiger charge is 2.22. The van der Waals surface area contributed by atoms with Crippen LogP contribution < -0.4 is 0 Å². The van der Waals surface area contributed by atoms with E-state index in [-0.39, 0.29) is 19.3 Å². The molecule has 0 spiro atoms. The summed E-state index contributed by atoms with van der Waals surface area (Å²) < 4.78 is 18.1. The van der Waals surface area contributed by atoms with E-state index in [1.54, 1.807) is 6.20 Å². The molecule has 1 heterocycles. The first-order valence-electron chi connectivity index (χ1n) is 10.2. The van der Waals surface area contributed by atoms with E-state index in [1.807, 2.05) is 59.2 Å². The minimum Gasteiger partial charge on any atom is -0.463 e. The summed E-state index contributed by atoms with van der Waals surface area (Å²) in [4.78, 5) is 24.1. The van der Waals surface area contributed by atoms with Gasteiger partial charge < -0.3 is 23.9 Å². The number of aryl methyl sites for hydroxylation is 1. The number of rotatable bonds is 12. The number of benzene rings is 2. The first-order valence-corrected chi connectivity index (χ1v) is 10.2. The molecule has 0 aliphatic rings. The third kappa shape index (κ3) is 6.01. The molecule has 7 heteroatoms. The average molecular weight is 425 g/mol. The molecule has 0 saturated carbocycles. The molecular weight excluding hydrogens is 398 g/mol. The molecule has 2 aromatic carbocycles. The summed E-state index contributed by atoms with van der Waals surface area (Å²) in [6, 6.07) is 17.3. The molecule has 0 aliphatic heterocycles. The molecule has 3 aromatic rings. The Morgan fingerprint density at radius 2 is 1.81 bits per heavy atom. The van der Waals surface area contributed by atoms with Crippen LogP contribution in [0.15, 0.2) is 60.8 Å². The number of esters is 1. The van der Waals surface area contributed by atoms with Crippen molar-refractivity contribution < 1.29 is 28.9 Å². The highest BCUT2D eigenvalue weighted by Crippen LogP contribution is 2.23. The Hall–Kier alpha value is -3.00. The van der Waals surface area contributed by atoms with Crippen molar-refractivity contribution in [3.63, 3.8) is 0 Å². The van der Waals surface area contributed by atoms with Crippen molar-refractivity contribution >= 4 is 22.7 Å². The number of hydrogen-bond donors (Lipinski definition) is 1. The number of carbonyl (C=O) groups excluding carboxylic acids is 2. The number of Topliss-reactive ketones (excluding diaryl/α,β-unsaturated/α-hetero) is 1. The quantitative estimate of drug-likeness (QED) is 0.273. The number of aliphatic hydroxyl groups is 1. The van der Waals surface area contributed by atoms with Crippen LogP contribution in [0.1, 0.15) is 22.3 Å². The molecule has 0 amide bonds. The van der Waals surface area contributed by atoms with Crippen LogP contribution in [0.4, 0.5) is 0 Å². The van der Waals surface area contributed by atoms with Crippen LogP contribution in [0.5, 0.6) is 0 Å². The van der Waals surface area contributed by atoms with Crippen molar-refractivity contribution in [2.45, 2.75) is 25.7 Å². The number of para-hydroxylation sites is 1. The number of ketones is 1. The zero-order valence-corrected chi connectivity index (χ0v) is 17.5. The van der Waals surface area contributed by atoms with Crippen molar-refractivity contribution in [1.82, 2.24) is 4.57 Å². The largest absolute Gasteiger partial charge is 0.463 e. The summed E-state index contributed by atoms with van der Waals surface area (Å²) in [7, 11) is 1.19. The third-order valence-electron chi connectivity index (χ3n) is 4.96. The molecule has 3 rings (SSSR count). The van der Waals surface area contributed by atoms with Crippen molar-refractivity contribution in [3.8, 4) is 0 Å². The van der Waals surface area contributed by atoms with E-state index in [2.05, 4.69) is 4.74 Å². The average Bonchev–Trinajstić information content (AvgIpc) is 3.18. The number of aromatic nitrogens is 1. The Morgan fingerprint density at radius 3 is 2.55 bits per heavy atom. The smallest absolute Gasteiger partial charge is 0.379 e. The minimum absolute atomic E-state index is 0.0700. The van der Waals surface area contributed by atoms with Gasteiger partial charge in [-0.25, -0.2) is 4.79 Å². The van der Waals surface area contributed by atoms with Gasteiger partial charge in [-0.15, -0.1) is 0 Å². The molecule has 0 radical (unpaired) electrons. The SMILES string of the molecule is COC(=O)C(=O)c1cn(CCC(COCc2ccccc2)OCCO)c2ccccc12. The van der Waals surface area contributed by atoms with Crippen LogP contribution in [0, 0.1) is 0 Å². The lowest BCUT2D eigenvalue weighted by Gasteiger charge is -2.18. The van der Waals surface area contributed by atoms with E-state index >= 15 is 0 Å². The van der Waals surface area contributed by atoms with Gasteiger partial charge in [-0.05, 0) is 18.1 Å². The van der Waals surface area contributed by atoms with Crippen LogP contribution in [-0.2, 0) is 32.2 Å². The molecule has 1 aromatic heterocycles. The molecule has 1 N–H and O–H groups in total. The Balaban J connectivity index is 1.68. The second-order valence-electron chi connectivity index (χ2n) is 7.08. The number of ether oxygens (including phenoxy) is 3. The van der Waals surface area contributed by atoms with E-state index in [0.717, 1.165) is 11.1 Å². The van der Waals surface area contributed by atoms with E-state index in [4.69, 9.17) is 14.6 Å². The normalized spacial score (nSPS) is 12.1. The number of carbonyl (C=O) groups is 2. The molecule has 1 atom stereocenters. The minimum atomic E-state index is -0.888. The zero-order chi connectivity index (χ0) is 22.1. The van der Waals surface area contributed by atoms with Crippen LogP contribution in [0.25, 0.3) is 10.9 Å². The number of aliphatic hydroxyl groups excluding tert-OH is 1. The Morgan fingerprint density at radius 1 is 1.06 bits per heavy atom. The molecule has 31 heavy (non-hydrogen) atoms. The van der Waals surface area contributed by atoms with Gasteiger partial charge in [0.05, 0.1) is 45.2 Å². The Bertz CT molecular complexity index is 998. The fourth-order valence-corrected chi connectivity index (χ4v) is 3.42. The van der Waals surface area contributed by atoms with Gasteiger partial charge in [-0.1, -0.05) is 48.5 Å². The van der Waals surface area contributed by atoms with Gasteiger partial charge in [0, 0.05) is 23.6 Å². The van der Waals surface area contributed by atoms with Crippen molar-refractivity contribution in [3.05, 3.63) is 71.9 Å². The lowest BCUT2D eigenvalue weighted by atomic mass is 10.1. The topological polar surface area (TPSA) is 87.0 Å². The van der Waals surface area contributed by atoms with E-state index < -0.39 is 11.8 Å². The van der Waals surface area contributed by atoms with Gasteiger partial charge in [-0.2, -0.15) is 0 Å². The predicted octanol–water partition coefficient (Wildman–Crippen LogP) is 2.98. The molecule has 0 fully saturated rings. The number of methoxy groups -OCH3 is 1. The van der Waals surface area contributed by atoms with Crippen LogP contribution >= 0.6 is 0 Å². The van der Waals surface area contributed by atoms with Crippen molar-refractivity contribution in [1.29, 1.82) is 0 Å². The summed E-state index contributed by atoms with van der Waals surface area (Å²) in [5.41, 5.74) is 2.24. The predicted molar refractivity (Wildman–Crippen MR) is 116 cm³/mol. The summed E-state index contributed by atoms with van der Waals surface area (Å²) in [6.45, 7) is 1.56. The summed E-state index contributed by atoms with van der Waals surface area (Å²) >= 11 is 0. The van der Waals surface area contributed by atoms with E-state index in [1.165, 1.54) is 7.11 Å². The molecule has 1 unspecified atom stereocenters. The van der Waals surface area contributed by atoms with Crippen LogP contribution in [-0.4, -0.2) is 54.5 Å². The Labute approximate surface area is 181 Å².